The summed E-state index contributed by atoms with van der Waals surface area (Å²) in [5.74, 6) is -0.459. The summed E-state index contributed by atoms with van der Waals surface area (Å²) in [6, 6.07) is 7.11. The lowest BCUT2D eigenvalue weighted by atomic mass is 10.1. The van der Waals surface area contributed by atoms with Gasteiger partial charge in [-0.25, -0.2) is 4.39 Å². The predicted octanol–water partition coefficient (Wildman–Crippen LogP) is 5.87. The fourth-order valence-electron chi connectivity index (χ4n) is 1.71. The summed E-state index contributed by atoms with van der Waals surface area (Å²) in [6.07, 6.45) is -4.42. The summed E-state index contributed by atoms with van der Waals surface area (Å²) in [5, 5.41) is 3.15. The molecule has 112 valence electrons. The quantitative estimate of drug-likeness (QED) is 0.654. The number of anilines is 1. The summed E-state index contributed by atoms with van der Waals surface area (Å²) in [6.45, 7) is 0.108. The van der Waals surface area contributed by atoms with E-state index in [9.17, 15) is 17.6 Å². The van der Waals surface area contributed by atoms with Gasteiger partial charge in [0, 0.05) is 21.7 Å². The maximum Gasteiger partial charge on any atom is 0.416 e. The van der Waals surface area contributed by atoms with Crippen LogP contribution in [0.2, 0.25) is 5.02 Å². The molecule has 0 amide bonds. The zero-order chi connectivity index (χ0) is 15.6. The van der Waals surface area contributed by atoms with Gasteiger partial charge in [-0.3, -0.25) is 0 Å². The van der Waals surface area contributed by atoms with Crippen molar-refractivity contribution in [3.63, 3.8) is 0 Å². The first-order chi connectivity index (χ1) is 9.77. The Balaban J connectivity index is 2.22. The largest absolute Gasteiger partial charge is 0.416 e. The minimum absolute atomic E-state index is 0.108. The number of rotatable bonds is 3. The zero-order valence-corrected chi connectivity index (χ0v) is 12.8. The van der Waals surface area contributed by atoms with Gasteiger partial charge < -0.3 is 5.32 Å². The number of benzene rings is 2. The summed E-state index contributed by atoms with van der Waals surface area (Å²) in [5.41, 5.74) is -0.0512. The highest BCUT2D eigenvalue weighted by atomic mass is 79.9. The van der Waals surface area contributed by atoms with E-state index in [0.29, 0.717) is 15.1 Å². The molecule has 0 fully saturated rings. The molecule has 0 radical (unpaired) electrons. The van der Waals surface area contributed by atoms with Gasteiger partial charge in [0.15, 0.2) is 0 Å². The third-order valence-electron chi connectivity index (χ3n) is 2.77. The van der Waals surface area contributed by atoms with Crippen molar-refractivity contribution in [3.05, 3.63) is 62.8 Å². The molecule has 0 saturated heterocycles. The molecule has 0 aliphatic heterocycles. The van der Waals surface area contributed by atoms with E-state index in [-0.39, 0.29) is 12.2 Å². The second-order valence-electron chi connectivity index (χ2n) is 4.28. The lowest BCUT2D eigenvalue weighted by molar-refractivity contribution is -0.137. The van der Waals surface area contributed by atoms with E-state index in [2.05, 4.69) is 21.2 Å². The molecular weight excluding hydrogens is 374 g/mol. The van der Waals surface area contributed by atoms with Gasteiger partial charge in [0.1, 0.15) is 5.82 Å². The number of nitrogens with one attached hydrogen (secondary N) is 1. The van der Waals surface area contributed by atoms with Crippen LogP contribution in [-0.2, 0) is 12.7 Å². The average Bonchev–Trinajstić information content (AvgIpc) is 2.40. The highest BCUT2D eigenvalue weighted by Gasteiger charge is 2.30. The van der Waals surface area contributed by atoms with E-state index in [1.54, 1.807) is 0 Å². The monoisotopic (exact) mass is 381 g/mol. The van der Waals surface area contributed by atoms with Crippen LogP contribution in [0, 0.1) is 5.82 Å². The minimum Gasteiger partial charge on any atom is -0.380 e. The Morgan fingerprint density at radius 1 is 1.10 bits per heavy atom. The zero-order valence-electron chi connectivity index (χ0n) is 10.4. The summed E-state index contributed by atoms with van der Waals surface area (Å²) in [7, 11) is 0. The molecule has 0 saturated carbocycles. The normalized spacial score (nSPS) is 11.5. The van der Waals surface area contributed by atoms with Crippen LogP contribution in [0.3, 0.4) is 0 Å². The predicted molar refractivity (Wildman–Crippen MR) is 77.9 cm³/mol. The van der Waals surface area contributed by atoms with Crippen molar-refractivity contribution < 1.29 is 17.6 Å². The molecular formula is C14H9BrClF4N. The number of halogens is 6. The van der Waals surface area contributed by atoms with Crippen LogP contribution in [0.15, 0.2) is 40.9 Å². The third-order valence-corrected chi connectivity index (χ3v) is 3.83. The van der Waals surface area contributed by atoms with Crippen molar-refractivity contribution in [1.29, 1.82) is 0 Å². The first kappa shape index (κ1) is 16.1. The molecule has 1 N–H and O–H groups in total. The Bertz CT molecular complexity index is 658. The van der Waals surface area contributed by atoms with Gasteiger partial charge >= 0.3 is 6.18 Å². The number of alkyl halides is 3. The summed E-state index contributed by atoms with van der Waals surface area (Å²) < 4.78 is 51.6. The highest BCUT2D eigenvalue weighted by molar-refractivity contribution is 9.10. The van der Waals surface area contributed by atoms with Gasteiger partial charge in [-0.05, 0) is 57.9 Å². The van der Waals surface area contributed by atoms with Gasteiger partial charge in [0.05, 0.1) is 5.56 Å². The number of hydrogen-bond donors (Lipinski definition) is 1. The van der Waals surface area contributed by atoms with Crippen LogP contribution in [0.4, 0.5) is 23.2 Å². The van der Waals surface area contributed by atoms with Crippen molar-refractivity contribution in [2.75, 3.05) is 5.32 Å². The van der Waals surface area contributed by atoms with Gasteiger partial charge in [-0.15, -0.1) is 0 Å². The molecule has 0 aliphatic rings. The Hall–Kier alpha value is -1.27. The van der Waals surface area contributed by atoms with Gasteiger partial charge in [-0.2, -0.15) is 13.2 Å². The molecule has 2 aromatic rings. The van der Waals surface area contributed by atoms with E-state index in [0.717, 1.165) is 12.1 Å². The van der Waals surface area contributed by atoms with E-state index >= 15 is 0 Å². The first-order valence-electron chi connectivity index (χ1n) is 5.82. The van der Waals surface area contributed by atoms with Crippen LogP contribution in [0.5, 0.6) is 0 Å². The van der Waals surface area contributed by atoms with Crippen molar-refractivity contribution in [2.24, 2.45) is 0 Å². The first-order valence-corrected chi connectivity index (χ1v) is 6.99. The third kappa shape index (κ3) is 4.11. The molecule has 2 aromatic carbocycles. The smallest absolute Gasteiger partial charge is 0.380 e. The SMILES string of the molecule is Fc1ccc(Cl)c(CNc2cc(C(F)(F)F)ccc2Br)c1. The van der Waals surface area contributed by atoms with Crippen molar-refractivity contribution in [3.8, 4) is 0 Å². The molecule has 0 spiro atoms. The number of hydrogen-bond acceptors (Lipinski definition) is 1. The van der Waals surface area contributed by atoms with Gasteiger partial charge in [0.2, 0.25) is 0 Å². The minimum atomic E-state index is -4.42. The molecule has 1 nitrogen and oxygen atoms in total. The van der Waals surface area contributed by atoms with Crippen molar-refractivity contribution in [1.82, 2.24) is 0 Å². The fourth-order valence-corrected chi connectivity index (χ4v) is 2.28. The van der Waals surface area contributed by atoms with E-state index < -0.39 is 17.6 Å². The van der Waals surface area contributed by atoms with Gasteiger partial charge in [-0.1, -0.05) is 11.6 Å². The van der Waals surface area contributed by atoms with Crippen LogP contribution in [0.1, 0.15) is 11.1 Å². The molecule has 21 heavy (non-hydrogen) atoms. The Kier molecular flexibility index (Phi) is 4.78. The van der Waals surface area contributed by atoms with Gasteiger partial charge in [0.25, 0.3) is 0 Å². The Morgan fingerprint density at radius 2 is 1.81 bits per heavy atom. The van der Waals surface area contributed by atoms with E-state index in [1.165, 1.54) is 24.3 Å². The Morgan fingerprint density at radius 3 is 2.48 bits per heavy atom. The van der Waals surface area contributed by atoms with E-state index in [4.69, 9.17) is 11.6 Å². The maximum absolute atomic E-state index is 13.1. The Labute approximate surface area is 132 Å². The van der Waals surface area contributed by atoms with Crippen LogP contribution >= 0.6 is 27.5 Å². The molecule has 0 heterocycles. The van der Waals surface area contributed by atoms with Crippen LogP contribution < -0.4 is 5.32 Å². The standard InChI is InChI=1S/C14H9BrClF4N/c15-11-3-1-9(14(18,19)20)6-13(11)21-7-8-5-10(17)2-4-12(8)16/h1-6,21H,7H2. The van der Waals surface area contributed by atoms with Crippen LogP contribution in [-0.4, -0.2) is 0 Å². The molecule has 0 aromatic heterocycles. The maximum atomic E-state index is 13.1. The second-order valence-corrected chi connectivity index (χ2v) is 5.54. The molecule has 0 aliphatic carbocycles. The second kappa shape index (κ2) is 6.23. The fraction of sp³-hybridized carbons (Fsp3) is 0.143. The molecule has 2 rings (SSSR count). The highest BCUT2D eigenvalue weighted by Crippen LogP contribution is 2.34. The van der Waals surface area contributed by atoms with Crippen molar-refractivity contribution >= 4 is 33.2 Å². The van der Waals surface area contributed by atoms with Crippen molar-refractivity contribution in [2.45, 2.75) is 12.7 Å². The lowest BCUT2D eigenvalue weighted by Gasteiger charge is -2.13. The molecule has 0 unspecified atom stereocenters. The van der Waals surface area contributed by atoms with E-state index in [1.807, 2.05) is 0 Å². The average molecular weight is 383 g/mol. The molecule has 0 bridgehead atoms. The lowest BCUT2D eigenvalue weighted by Crippen LogP contribution is -2.07. The van der Waals surface area contributed by atoms with Crippen LogP contribution in [0.25, 0.3) is 0 Å². The summed E-state index contributed by atoms with van der Waals surface area (Å²) >= 11 is 9.07. The topological polar surface area (TPSA) is 12.0 Å². The molecule has 0 atom stereocenters. The summed E-state index contributed by atoms with van der Waals surface area (Å²) in [4.78, 5) is 0. The molecule has 7 heteroatoms.